The molecule has 1 N–H and O–H groups in total. The molecule has 166 valence electrons. The molecule has 2 heterocycles. The second-order valence-electron chi connectivity index (χ2n) is 8.05. The molecule has 2 aliphatic rings. The SMILES string of the molecule is COC(=O)c1c(NC(=S)N2CCN(c3ccc(Cl)c(Cl)c3)CC2)sc2c1CCC(C)C2. The zero-order chi connectivity index (χ0) is 22.1. The monoisotopic (exact) mass is 497 g/mol. The van der Waals surface area contributed by atoms with E-state index in [1.165, 1.54) is 12.0 Å². The molecule has 0 saturated carbocycles. The first-order chi connectivity index (χ1) is 14.9. The molecule has 0 amide bonds. The molecule has 4 rings (SSSR count). The largest absolute Gasteiger partial charge is 0.465 e. The molecule has 1 aromatic carbocycles. The van der Waals surface area contributed by atoms with E-state index in [1.54, 1.807) is 11.3 Å². The number of thiophene rings is 1. The predicted octanol–water partition coefficient (Wildman–Crippen LogP) is 5.49. The van der Waals surface area contributed by atoms with Crippen LogP contribution in [-0.4, -0.2) is 49.3 Å². The fraction of sp³-hybridized carbons (Fsp3) is 0.455. The Morgan fingerprint density at radius 2 is 1.97 bits per heavy atom. The molecular formula is C22H25Cl2N3O2S2. The lowest BCUT2D eigenvalue weighted by atomic mass is 9.88. The van der Waals surface area contributed by atoms with Crippen molar-refractivity contribution in [1.29, 1.82) is 0 Å². The number of rotatable bonds is 3. The lowest BCUT2D eigenvalue weighted by molar-refractivity contribution is 0.0601. The molecule has 1 aromatic heterocycles. The highest BCUT2D eigenvalue weighted by Crippen LogP contribution is 2.40. The highest BCUT2D eigenvalue weighted by molar-refractivity contribution is 7.80. The molecule has 5 nitrogen and oxygen atoms in total. The summed E-state index contributed by atoms with van der Waals surface area (Å²) in [7, 11) is 1.43. The molecular weight excluding hydrogens is 473 g/mol. The van der Waals surface area contributed by atoms with Crippen LogP contribution in [0.4, 0.5) is 10.7 Å². The summed E-state index contributed by atoms with van der Waals surface area (Å²) >= 11 is 19.6. The van der Waals surface area contributed by atoms with Gasteiger partial charge in [-0.2, -0.15) is 0 Å². The van der Waals surface area contributed by atoms with Crippen molar-refractivity contribution in [1.82, 2.24) is 4.90 Å². The van der Waals surface area contributed by atoms with Gasteiger partial charge in [0.05, 0.1) is 22.7 Å². The lowest BCUT2D eigenvalue weighted by Crippen LogP contribution is -2.50. The van der Waals surface area contributed by atoms with Crippen LogP contribution in [0.3, 0.4) is 0 Å². The molecule has 0 radical (unpaired) electrons. The maximum Gasteiger partial charge on any atom is 0.341 e. The number of carbonyl (C=O) groups excluding carboxylic acids is 1. The van der Waals surface area contributed by atoms with E-state index in [-0.39, 0.29) is 5.97 Å². The van der Waals surface area contributed by atoms with E-state index in [0.29, 0.717) is 26.6 Å². The van der Waals surface area contributed by atoms with Gasteiger partial charge in [0.2, 0.25) is 0 Å². The molecule has 1 fully saturated rings. The summed E-state index contributed by atoms with van der Waals surface area (Å²) in [6.45, 7) is 5.46. The third kappa shape index (κ3) is 4.80. The van der Waals surface area contributed by atoms with Gasteiger partial charge in [0.1, 0.15) is 5.00 Å². The van der Waals surface area contributed by atoms with Crippen LogP contribution in [-0.2, 0) is 17.6 Å². The summed E-state index contributed by atoms with van der Waals surface area (Å²) in [6.07, 6.45) is 3.00. The second kappa shape index (κ2) is 9.53. The van der Waals surface area contributed by atoms with Crippen molar-refractivity contribution in [2.75, 3.05) is 43.5 Å². The normalized spacial score (nSPS) is 18.5. The minimum atomic E-state index is -0.290. The van der Waals surface area contributed by atoms with Gasteiger partial charge in [-0.05, 0) is 61.2 Å². The Balaban J connectivity index is 1.44. The maximum atomic E-state index is 12.5. The number of esters is 1. The zero-order valence-electron chi connectivity index (χ0n) is 17.5. The van der Waals surface area contributed by atoms with E-state index in [9.17, 15) is 4.79 Å². The van der Waals surface area contributed by atoms with Crippen LogP contribution in [0.1, 0.15) is 34.1 Å². The number of nitrogens with one attached hydrogen (secondary N) is 1. The van der Waals surface area contributed by atoms with Crippen molar-refractivity contribution in [3.63, 3.8) is 0 Å². The Kier molecular flexibility index (Phi) is 6.96. The summed E-state index contributed by atoms with van der Waals surface area (Å²) < 4.78 is 5.08. The van der Waals surface area contributed by atoms with Crippen molar-refractivity contribution in [3.05, 3.63) is 44.2 Å². The number of hydrogen-bond acceptors (Lipinski definition) is 5. The highest BCUT2D eigenvalue weighted by Gasteiger charge is 2.29. The number of benzene rings is 1. The van der Waals surface area contributed by atoms with Gasteiger partial charge in [-0.25, -0.2) is 4.79 Å². The smallest absolute Gasteiger partial charge is 0.341 e. The van der Waals surface area contributed by atoms with Gasteiger partial charge in [0.15, 0.2) is 5.11 Å². The Morgan fingerprint density at radius 1 is 1.23 bits per heavy atom. The molecule has 2 aromatic rings. The number of fused-ring (bicyclic) bond motifs is 1. The van der Waals surface area contributed by atoms with Gasteiger partial charge >= 0.3 is 5.97 Å². The molecule has 1 aliphatic heterocycles. The van der Waals surface area contributed by atoms with Crippen LogP contribution in [0.15, 0.2) is 18.2 Å². The molecule has 1 aliphatic carbocycles. The van der Waals surface area contributed by atoms with Crippen molar-refractivity contribution < 1.29 is 9.53 Å². The summed E-state index contributed by atoms with van der Waals surface area (Å²) in [5.41, 5.74) is 2.84. The van der Waals surface area contributed by atoms with Crippen LogP contribution < -0.4 is 10.2 Å². The third-order valence-corrected chi connectivity index (χ3v) is 8.23. The topological polar surface area (TPSA) is 44.8 Å². The van der Waals surface area contributed by atoms with Gasteiger partial charge in [-0.3, -0.25) is 0 Å². The van der Waals surface area contributed by atoms with Gasteiger partial charge in [0.25, 0.3) is 0 Å². The van der Waals surface area contributed by atoms with E-state index in [1.807, 2.05) is 18.2 Å². The Bertz CT molecular complexity index is 1000. The number of methoxy groups -OCH3 is 1. The van der Waals surface area contributed by atoms with Crippen molar-refractivity contribution in [3.8, 4) is 0 Å². The Morgan fingerprint density at radius 3 is 2.65 bits per heavy atom. The fourth-order valence-corrected chi connectivity index (χ4v) is 6.22. The lowest BCUT2D eigenvalue weighted by Gasteiger charge is -2.37. The maximum absolute atomic E-state index is 12.5. The summed E-state index contributed by atoms with van der Waals surface area (Å²) in [5, 5.41) is 5.93. The van der Waals surface area contributed by atoms with Crippen molar-refractivity contribution in [2.24, 2.45) is 5.92 Å². The van der Waals surface area contributed by atoms with E-state index in [0.717, 1.165) is 61.7 Å². The average Bonchev–Trinajstić information content (AvgIpc) is 3.11. The van der Waals surface area contributed by atoms with Gasteiger partial charge in [-0.15, -0.1) is 11.3 Å². The summed E-state index contributed by atoms with van der Waals surface area (Å²) in [4.78, 5) is 18.2. The number of piperazine rings is 1. The zero-order valence-corrected chi connectivity index (χ0v) is 20.7. The standard InChI is InChI=1S/C22H25Cl2N3O2S2/c1-13-3-5-15-18(11-13)31-20(19(15)21(28)29-2)25-22(30)27-9-7-26(8-10-27)14-4-6-16(23)17(24)12-14/h4,6,12-13H,3,5,7-11H2,1-2H3,(H,25,30). The van der Waals surface area contributed by atoms with Crippen LogP contribution in [0.25, 0.3) is 0 Å². The molecule has 1 saturated heterocycles. The first-order valence-electron chi connectivity index (χ1n) is 10.4. The number of thiocarbonyl (C=S) groups is 1. The fourth-order valence-electron chi connectivity index (χ4n) is 4.18. The summed E-state index contributed by atoms with van der Waals surface area (Å²) in [6, 6.07) is 5.71. The minimum absolute atomic E-state index is 0.290. The van der Waals surface area contributed by atoms with Crippen molar-refractivity contribution >= 4 is 68.5 Å². The minimum Gasteiger partial charge on any atom is -0.465 e. The highest BCUT2D eigenvalue weighted by atomic mass is 35.5. The first kappa shape index (κ1) is 22.6. The molecule has 0 bridgehead atoms. The molecule has 1 atom stereocenters. The first-order valence-corrected chi connectivity index (χ1v) is 12.3. The van der Waals surface area contributed by atoms with Crippen LogP contribution in [0, 0.1) is 5.92 Å². The molecule has 0 spiro atoms. The van der Waals surface area contributed by atoms with Gasteiger partial charge < -0.3 is 19.9 Å². The van der Waals surface area contributed by atoms with Gasteiger partial charge in [0, 0.05) is 36.7 Å². The van der Waals surface area contributed by atoms with Crippen LogP contribution >= 0.6 is 46.8 Å². The number of hydrogen-bond donors (Lipinski definition) is 1. The number of ether oxygens (including phenoxy) is 1. The Hall–Kier alpha value is -1.54. The predicted molar refractivity (Wildman–Crippen MR) is 133 cm³/mol. The Labute approximate surface area is 202 Å². The molecule has 1 unspecified atom stereocenters. The average molecular weight is 499 g/mol. The quantitative estimate of drug-likeness (QED) is 0.447. The van der Waals surface area contributed by atoms with E-state index >= 15 is 0 Å². The number of carbonyl (C=O) groups is 1. The van der Waals surface area contributed by atoms with Crippen LogP contribution in [0.2, 0.25) is 10.0 Å². The molecule has 9 heteroatoms. The number of anilines is 2. The third-order valence-electron chi connectivity index (χ3n) is 5.96. The summed E-state index contributed by atoms with van der Waals surface area (Å²) in [5.74, 6) is 0.340. The van der Waals surface area contributed by atoms with E-state index in [4.69, 9.17) is 40.2 Å². The second-order valence-corrected chi connectivity index (χ2v) is 10.4. The van der Waals surface area contributed by atoms with Crippen molar-refractivity contribution in [2.45, 2.75) is 26.2 Å². The van der Waals surface area contributed by atoms with E-state index in [2.05, 4.69) is 22.0 Å². The van der Waals surface area contributed by atoms with Crippen LogP contribution in [0.5, 0.6) is 0 Å². The number of nitrogens with zero attached hydrogens (tertiary/aromatic N) is 2. The van der Waals surface area contributed by atoms with Gasteiger partial charge in [-0.1, -0.05) is 30.1 Å². The van der Waals surface area contributed by atoms with E-state index < -0.39 is 0 Å². The molecule has 31 heavy (non-hydrogen) atoms. The number of halogens is 2.